The summed E-state index contributed by atoms with van der Waals surface area (Å²) >= 11 is 0. The zero-order chi connectivity index (χ0) is 15.9. The van der Waals surface area contributed by atoms with Gasteiger partial charge in [-0.3, -0.25) is 0 Å². The van der Waals surface area contributed by atoms with Crippen molar-refractivity contribution in [3.63, 3.8) is 0 Å². The molecule has 124 valence electrons. The Hall–Kier alpha value is -1.13. The first-order valence-corrected chi connectivity index (χ1v) is 8.36. The third-order valence-electron chi connectivity index (χ3n) is 4.53. The quantitative estimate of drug-likeness (QED) is 0.731. The highest BCUT2D eigenvalue weighted by molar-refractivity contribution is 5.34. The normalized spacial score (nSPS) is 21.5. The molecule has 0 aromatic heterocycles. The summed E-state index contributed by atoms with van der Waals surface area (Å²) in [5.74, 6) is 0.557. The Morgan fingerprint density at radius 2 is 1.95 bits per heavy atom. The second kappa shape index (κ2) is 8.49. The van der Waals surface area contributed by atoms with Crippen molar-refractivity contribution in [3.05, 3.63) is 29.6 Å². The Bertz CT molecular complexity index is 462. The molecule has 0 saturated carbocycles. The minimum absolute atomic E-state index is 0.206. The van der Waals surface area contributed by atoms with E-state index in [1.165, 1.54) is 6.07 Å². The predicted molar refractivity (Wildman–Crippen MR) is 87.0 cm³/mol. The number of hydrogen-bond acceptors (Lipinski definition) is 3. The van der Waals surface area contributed by atoms with E-state index in [0.717, 1.165) is 56.6 Å². The van der Waals surface area contributed by atoms with Gasteiger partial charge in [0.05, 0.1) is 19.3 Å². The van der Waals surface area contributed by atoms with Gasteiger partial charge in [-0.2, -0.15) is 0 Å². The standard InChI is InChI=1S/C18H28FNO2/c1-4-20(5-2)13-17-10-9-16(22-17)8-6-14-12-15(19)7-11-18(14)21-3/h7,11-12,16-17H,4-6,8-10,13H2,1-3H3/t16-,17+/m1/s1. The number of rotatable bonds is 8. The average molecular weight is 309 g/mol. The van der Waals surface area contributed by atoms with Crippen molar-refractivity contribution in [2.45, 2.75) is 51.7 Å². The Labute approximate surface area is 133 Å². The summed E-state index contributed by atoms with van der Waals surface area (Å²) in [5, 5.41) is 0. The molecular weight excluding hydrogens is 281 g/mol. The SMILES string of the molecule is CCN(CC)C[C@@H]1CC[C@@H](CCc2cc(F)ccc2OC)O1. The number of nitrogens with zero attached hydrogens (tertiary/aromatic N) is 1. The molecule has 1 aromatic carbocycles. The van der Waals surface area contributed by atoms with Gasteiger partial charge < -0.3 is 14.4 Å². The van der Waals surface area contributed by atoms with Gasteiger partial charge in [-0.15, -0.1) is 0 Å². The van der Waals surface area contributed by atoms with Crippen molar-refractivity contribution in [1.29, 1.82) is 0 Å². The molecular formula is C18H28FNO2. The maximum absolute atomic E-state index is 13.4. The van der Waals surface area contributed by atoms with Crippen molar-refractivity contribution in [1.82, 2.24) is 4.90 Å². The lowest BCUT2D eigenvalue weighted by Gasteiger charge is -2.22. The number of benzene rings is 1. The predicted octanol–water partition coefficient (Wildman–Crippen LogP) is 3.66. The summed E-state index contributed by atoms with van der Waals surface area (Å²) in [5.41, 5.74) is 0.929. The second-order valence-electron chi connectivity index (χ2n) is 5.94. The molecule has 4 heteroatoms. The van der Waals surface area contributed by atoms with Gasteiger partial charge in [-0.1, -0.05) is 13.8 Å². The second-order valence-corrected chi connectivity index (χ2v) is 5.94. The van der Waals surface area contributed by atoms with Crippen LogP contribution in [0.3, 0.4) is 0 Å². The van der Waals surface area contributed by atoms with E-state index in [0.29, 0.717) is 6.10 Å². The smallest absolute Gasteiger partial charge is 0.123 e. The molecule has 0 radical (unpaired) electrons. The first-order chi connectivity index (χ1) is 10.7. The van der Waals surface area contributed by atoms with Crippen LogP contribution in [0.4, 0.5) is 4.39 Å². The van der Waals surface area contributed by atoms with E-state index < -0.39 is 0 Å². The van der Waals surface area contributed by atoms with Gasteiger partial charge in [0, 0.05) is 6.54 Å². The van der Waals surface area contributed by atoms with Crippen LogP contribution >= 0.6 is 0 Å². The fourth-order valence-electron chi connectivity index (χ4n) is 3.16. The van der Waals surface area contributed by atoms with E-state index in [9.17, 15) is 4.39 Å². The zero-order valence-electron chi connectivity index (χ0n) is 14.0. The molecule has 0 N–H and O–H groups in total. The minimum Gasteiger partial charge on any atom is -0.496 e. The Morgan fingerprint density at radius 1 is 1.23 bits per heavy atom. The van der Waals surface area contributed by atoms with Gasteiger partial charge >= 0.3 is 0 Å². The molecule has 2 atom stereocenters. The molecule has 0 spiro atoms. The highest BCUT2D eigenvalue weighted by Gasteiger charge is 2.26. The molecule has 1 heterocycles. The molecule has 1 aromatic rings. The third kappa shape index (κ3) is 4.68. The van der Waals surface area contributed by atoms with E-state index in [2.05, 4.69) is 18.7 Å². The van der Waals surface area contributed by atoms with Gasteiger partial charge in [-0.25, -0.2) is 4.39 Å². The molecule has 1 fully saturated rings. The number of methoxy groups -OCH3 is 1. The van der Waals surface area contributed by atoms with Crippen LogP contribution in [0.5, 0.6) is 5.75 Å². The lowest BCUT2D eigenvalue weighted by atomic mass is 10.0. The Kier molecular flexibility index (Phi) is 6.65. The van der Waals surface area contributed by atoms with Crippen LogP contribution in [0.25, 0.3) is 0 Å². The highest BCUT2D eigenvalue weighted by atomic mass is 19.1. The van der Waals surface area contributed by atoms with E-state index >= 15 is 0 Å². The molecule has 0 aliphatic carbocycles. The van der Waals surface area contributed by atoms with E-state index in [1.54, 1.807) is 19.2 Å². The van der Waals surface area contributed by atoms with Crippen LogP contribution in [-0.2, 0) is 11.2 Å². The van der Waals surface area contributed by atoms with Crippen molar-refractivity contribution in [2.24, 2.45) is 0 Å². The number of hydrogen-bond donors (Lipinski definition) is 0. The highest BCUT2D eigenvalue weighted by Crippen LogP contribution is 2.27. The molecule has 0 unspecified atom stereocenters. The summed E-state index contributed by atoms with van der Waals surface area (Å²) in [7, 11) is 1.63. The molecule has 0 bridgehead atoms. The van der Waals surface area contributed by atoms with Gasteiger partial charge in [0.15, 0.2) is 0 Å². The summed E-state index contributed by atoms with van der Waals surface area (Å²) in [6.45, 7) is 7.54. The molecule has 2 rings (SSSR count). The van der Waals surface area contributed by atoms with Crippen molar-refractivity contribution in [2.75, 3.05) is 26.7 Å². The summed E-state index contributed by atoms with van der Waals surface area (Å²) in [4.78, 5) is 2.41. The third-order valence-corrected chi connectivity index (χ3v) is 4.53. The molecule has 0 amide bonds. The first-order valence-electron chi connectivity index (χ1n) is 8.36. The summed E-state index contributed by atoms with van der Waals surface area (Å²) in [6.07, 6.45) is 4.58. The molecule has 1 aliphatic heterocycles. The van der Waals surface area contributed by atoms with Crippen molar-refractivity contribution in [3.8, 4) is 5.75 Å². The average Bonchev–Trinajstić information content (AvgIpc) is 2.98. The number of likely N-dealkylation sites (N-methyl/N-ethyl adjacent to an activating group) is 1. The van der Waals surface area contributed by atoms with Crippen molar-refractivity contribution >= 4 is 0 Å². The Balaban J connectivity index is 1.82. The van der Waals surface area contributed by atoms with Crippen molar-refractivity contribution < 1.29 is 13.9 Å². The monoisotopic (exact) mass is 309 g/mol. The lowest BCUT2D eigenvalue weighted by Crippen LogP contribution is -2.32. The topological polar surface area (TPSA) is 21.7 Å². The summed E-state index contributed by atoms with van der Waals surface area (Å²) in [6, 6.07) is 4.71. The molecule has 1 saturated heterocycles. The van der Waals surface area contributed by atoms with Gasteiger partial charge in [-0.05, 0) is 62.5 Å². The number of aryl methyl sites for hydroxylation is 1. The van der Waals surface area contributed by atoms with Crippen LogP contribution in [0.15, 0.2) is 18.2 Å². The molecule has 3 nitrogen and oxygen atoms in total. The van der Waals surface area contributed by atoms with E-state index in [1.807, 2.05) is 0 Å². The molecule has 1 aliphatic rings. The van der Waals surface area contributed by atoms with E-state index in [4.69, 9.17) is 9.47 Å². The van der Waals surface area contributed by atoms with Crippen LogP contribution in [0.1, 0.15) is 38.7 Å². The van der Waals surface area contributed by atoms with Gasteiger partial charge in [0.2, 0.25) is 0 Å². The largest absolute Gasteiger partial charge is 0.496 e. The zero-order valence-corrected chi connectivity index (χ0v) is 14.0. The maximum Gasteiger partial charge on any atom is 0.123 e. The summed E-state index contributed by atoms with van der Waals surface area (Å²) < 4.78 is 24.8. The fraction of sp³-hybridized carbons (Fsp3) is 0.667. The maximum atomic E-state index is 13.4. The van der Waals surface area contributed by atoms with Crippen LogP contribution in [0, 0.1) is 5.82 Å². The number of halogens is 1. The van der Waals surface area contributed by atoms with Gasteiger partial charge in [0.1, 0.15) is 11.6 Å². The van der Waals surface area contributed by atoms with Crippen LogP contribution in [-0.4, -0.2) is 43.9 Å². The first kappa shape index (κ1) is 17.2. The lowest BCUT2D eigenvalue weighted by molar-refractivity contribution is 0.0212. The van der Waals surface area contributed by atoms with Crippen LogP contribution in [0.2, 0.25) is 0 Å². The van der Waals surface area contributed by atoms with E-state index in [-0.39, 0.29) is 11.9 Å². The fourth-order valence-corrected chi connectivity index (χ4v) is 3.16. The molecule has 22 heavy (non-hydrogen) atoms. The van der Waals surface area contributed by atoms with Gasteiger partial charge in [0.25, 0.3) is 0 Å². The number of ether oxygens (including phenoxy) is 2. The minimum atomic E-state index is -0.206. The Morgan fingerprint density at radius 3 is 2.64 bits per heavy atom. The van der Waals surface area contributed by atoms with Crippen LogP contribution < -0.4 is 4.74 Å².